The first-order chi connectivity index (χ1) is 10.8. The van der Waals surface area contributed by atoms with Gasteiger partial charge in [0.25, 0.3) is 0 Å². The Balaban J connectivity index is 1.76. The molecule has 0 N–H and O–H groups in total. The summed E-state index contributed by atoms with van der Waals surface area (Å²) in [5.74, 6) is 0.181. The summed E-state index contributed by atoms with van der Waals surface area (Å²) < 4.78 is 20.6. The first-order valence-corrected chi connectivity index (χ1v) is 6.77. The quantitative estimate of drug-likeness (QED) is 0.583. The van der Waals surface area contributed by atoms with Crippen molar-refractivity contribution in [1.82, 2.24) is 19.8 Å². The topological polar surface area (TPSA) is 52.3 Å². The SMILES string of the molecule is Fc1cccc(COc2nn3cnnc3c3ccccc23)c1. The molecular formula is C16H11FN4O. The number of fused-ring (bicyclic) bond motifs is 3. The van der Waals surface area contributed by atoms with Gasteiger partial charge in [0.15, 0.2) is 5.65 Å². The van der Waals surface area contributed by atoms with Crippen LogP contribution < -0.4 is 4.74 Å². The van der Waals surface area contributed by atoms with E-state index in [1.165, 1.54) is 18.5 Å². The molecular weight excluding hydrogens is 283 g/mol. The minimum atomic E-state index is -0.284. The highest BCUT2D eigenvalue weighted by Crippen LogP contribution is 2.26. The summed E-state index contributed by atoms with van der Waals surface area (Å²) in [7, 11) is 0. The van der Waals surface area contributed by atoms with Crippen LogP contribution in [0.4, 0.5) is 4.39 Å². The van der Waals surface area contributed by atoms with Crippen LogP contribution in [0, 0.1) is 5.82 Å². The van der Waals surface area contributed by atoms with Gasteiger partial charge in [-0.1, -0.05) is 30.3 Å². The number of ether oxygens (including phenoxy) is 1. The van der Waals surface area contributed by atoms with Crippen LogP contribution in [0.3, 0.4) is 0 Å². The predicted molar refractivity (Wildman–Crippen MR) is 79.0 cm³/mol. The average Bonchev–Trinajstić information content (AvgIpc) is 3.01. The zero-order chi connectivity index (χ0) is 14.9. The molecule has 0 fully saturated rings. The maximum atomic E-state index is 13.2. The summed E-state index contributed by atoms with van der Waals surface area (Å²) in [6, 6.07) is 14.0. The van der Waals surface area contributed by atoms with Crippen molar-refractivity contribution in [3.8, 4) is 5.88 Å². The van der Waals surface area contributed by atoms with Gasteiger partial charge in [0, 0.05) is 10.8 Å². The fourth-order valence-electron chi connectivity index (χ4n) is 2.38. The molecule has 0 atom stereocenters. The smallest absolute Gasteiger partial charge is 0.240 e. The van der Waals surface area contributed by atoms with Gasteiger partial charge < -0.3 is 4.74 Å². The number of rotatable bonds is 3. The molecule has 108 valence electrons. The van der Waals surface area contributed by atoms with Crippen LogP contribution in [-0.2, 0) is 6.61 Å². The van der Waals surface area contributed by atoms with E-state index >= 15 is 0 Å². The van der Waals surface area contributed by atoms with E-state index in [1.54, 1.807) is 10.6 Å². The van der Waals surface area contributed by atoms with E-state index in [4.69, 9.17) is 4.74 Å². The second-order valence-corrected chi connectivity index (χ2v) is 4.87. The Morgan fingerprint density at radius 2 is 1.91 bits per heavy atom. The van der Waals surface area contributed by atoms with E-state index in [0.717, 1.165) is 16.3 Å². The molecule has 0 aliphatic carbocycles. The molecule has 2 heterocycles. The molecule has 0 amide bonds. The van der Waals surface area contributed by atoms with Gasteiger partial charge in [-0.3, -0.25) is 0 Å². The van der Waals surface area contributed by atoms with E-state index in [2.05, 4.69) is 15.3 Å². The third-order valence-electron chi connectivity index (χ3n) is 3.39. The van der Waals surface area contributed by atoms with E-state index in [1.807, 2.05) is 30.3 Å². The molecule has 4 rings (SSSR count). The first kappa shape index (κ1) is 12.7. The normalized spacial score (nSPS) is 11.1. The van der Waals surface area contributed by atoms with Crippen LogP contribution in [0.2, 0.25) is 0 Å². The van der Waals surface area contributed by atoms with Crippen molar-refractivity contribution < 1.29 is 9.13 Å². The Labute approximate surface area is 125 Å². The minimum Gasteiger partial charge on any atom is -0.471 e. The number of hydrogen-bond acceptors (Lipinski definition) is 4. The van der Waals surface area contributed by atoms with Crippen LogP contribution in [0.5, 0.6) is 5.88 Å². The Morgan fingerprint density at radius 3 is 2.77 bits per heavy atom. The summed E-state index contributed by atoms with van der Waals surface area (Å²) >= 11 is 0. The van der Waals surface area contributed by atoms with Gasteiger partial charge in [-0.2, -0.15) is 4.52 Å². The van der Waals surface area contributed by atoms with Crippen molar-refractivity contribution in [2.45, 2.75) is 6.61 Å². The minimum absolute atomic E-state index is 0.238. The molecule has 22 heavy (non-hydrogen) atoms. The van der Waals surface area contributed by atoms with Crippen LogP contribution >= 0.6 is 0 Å². The lowest BCUT2D eigenvalue weighted by atomic mass is 10.2. The number of nitrogens with zero attached hydrogens (tertiary/aromatic N) is 4. The summed E-state index contributed by atoms with van der Waals surface area (Å²) in [6.07, 6.45) is 1.52. The van der Waals surface area contributed by atoms with Crippen molar-refractivity contribution in [2.75, 3.05) is 0 Å². The lowest BCUT2D eigenvalue weighted by Gasteiger charge is -2.09. The fraction of sp³-hybridized carbons (Fsp3) is 0.0625. The average molecular weight is 294 g/mol. The molecule has 0 radical (unpaired) electrons. The summed E-state index contributed by atoms with van der Waals surface area (Å²) in [6.45, 7) is 0.238. The van der Waals surface area contributed by atoms with Gasteiger partial charge in [0.1, 0.15) is 18.8 Å². The molecule has 0 aliphatic rings. The van der Waals surface area contributed by atoms with Crippen LogP contribution in [0.1, 0.15) is 5.56 Å². The summed E-state index contributed by atoms with van der Waals surface area (Å²) in [4.78, 5) is 0. The maximum absolute atomic E-state index is 13.2. The molecule has 4 aromatic rings. The number of hydrogen-bond donors (Lipinski definition) is 0. The highest BCUT2D eigenvalue weighted by molar-refractivity contribution is 5.96. The van der Waals surface area contributed by atoms with Crippen molar-refractivity contribution in [2.24, 2.45) is 0 Å². The Kier molecular flexibility index (Phi) is 2.93. The molecule has 0 saturated carbocycles. The van der Waals surface area contributed by atoms with Crippen molar-refractivity contribution in [3.05, 3.63) is 66.2 Å². The van der Waals surface area contributed by atoms with Crippen LogP contribution in [0.15, 0.2) is 54.9 Å². The Morgan fingerprint density at radius 1 is 1.05 bits per heavy atom. The molecule has 0 bridgehead atoms. The number of halogens is 1. The van der Waals surface area contributed by atoms with Crippen molar-refractivity contribution in [3.63, 3.8) is 0 Å². The summed E-state index contributed by atoms with van der Waals surface area (Å²) in [5, 5.41) is 14.1. The lowest BCUT2D eigenvalue weighted by Crippen LogP contribution is -2.02. The van der Waals surface area contributed by atoms with E-state index in [9.17, 15) is 4.39 Å². The highest BCUT2D eigenvalue weighted by Gasteiger charge is 2.10. The lowest BCUT2D eigenvalue weighted by molar-refractivity contribution is 0.293. The summed E-state index contributed by atoms with van der Waals surface area (Å²) in [5.41, 5.74) is 1.42. The Hall–Kier alpha value is -3.02. The molecule has 2 aromatic carbocycles. The fourth-order valence-corrected chi connectivity index (χ4v) is 2.38. The van der Waals surface area contributed by atoms with E-state index in [0.29, 0.717) is 11.5 Å². The Bertz CT molecular complexity index is 967. The molecule has 0 saturated heterocycles. The predicted octanol–water partition coefficient (Wildman–Crippen LogP) is 3.00. The zero-order valence-electron chi connectivity index (χ0n) is 11.5. The van der Waals surface area contributed by atoms with E-state index < -0.39 is 0 Å². The molecule has 5 nitrogen and oxygen atoms in total. The number of benzene rings is 2. The maximum Gasteiger partial charge on any atom is 0.240 e. The molecule has 0 aliphatic heterocycles. The van der Waals surface area contributed by atoms with Crippen LogP contribution in [0.25, 0.3) is 16.4 Å². The largest absolute Gasteiger partial charge is 0.471 e. The highest BCUT2D eigenvalue weighted by atomic mass is 19.1. The van der Waals surface area contributed by atoms with Gasteiger partial charge in [0.2, 0.25) is 5.88 Å². The van der Waals surface area contributed by atoms with Gasteiger partial charge in [-0.15, -0.1) is 15.3 Å². The van der Waals surface area contributed by atoms with Gasteiger partial charge in [-0.25, -0.2) is 4.39 Å². The zero-order valence-corrected chi connectivity index (χ0v) is 11.5. The molecule has 0 spiro atoms. The van der Waals surface area contributed by atoms with Crippen LogP contribution in [-0.4, -0.2) is 19.8 Å². The van der Waals surface area contributed by atoms with Crippen molar-refractivity contribution >= 4 is 16.4 Å². The van der Waals surface area contributed by atoms with Gasteiger partial charge in [0.05, 0.1) is 0 Å². The standard InChI is InChI=1S/C16H11FN4O/c17-12-5-3-4-11(8-12)9-22-16-14-7-2-1-6-13(14)15-19-18-10-21(15)20-16/h1-8,10H,9H2. The number of aromatic nitrogens is 4. The molecule has 2 aromatic heterocycles. The molecule has 0 unspecified atom stereocenters. The second-order valence-electron chi connectivity index (χ2n) is 4.87. The van der Waals surface area contributed by atoms with E-state index in [-0.39, 0.29) is 12.4 Å². The molecule has 6 heteroatoms. The third-order valence-corrected chi connectivity index (χ3v) is 3.39. The monoisotopic (exact) mass is 294 g/mol. The van der Waals surface area contributed by atoms with Gasteiger partial charge in [-0.05, 0) is 23.8 Å². The van der Waals surface area contributed by atoms with Gasteiger partial charge >= 0.3 is 0 Å². The van der Waals surface area contributed by atoms with Crippen molar-refractivity contribution in [1.29, 1.82) is 0 Å². The second kappa shape index (κ2) is 5.07. The third kappa shape index (κ3) is 2.14. The first-order valence-electron chi connectivity index (χ1n) is 6.77.